The van der Waals surface area contributed by atoms with Crippen molar-refractivity contribution in [1.82, 2.24) is 4.57 Å². The summed E-state index contributed by atoms with van der Waals surface area (Å²) in [5.41, 5.74) is -0.294. The van der Waals surface area contributed by atoms with Gasteiger partial charge in [0.25, 0.3) is 16.4 Å². The summed E-state index contributed by atoms with van der Waals surface area (Å²) in [6.07, 6.45) is 1.36. The second-order valence-electron chi connectivity index (χ2n) is 5.39. The monoisotopic (exact) mass is 355 g/mol. The Labute approximate surface area is 150 Å². The number of nitrogens with one attached hydrogen (secondary N) is 2. The van der Waals surface area contributed by atoms with Gasteiger partial charge in [0.15, 0.2) is 0 Å². The van der Waals surface area contributed by atoms with Gasteiger partial charge < -0.3 is 20.3 Å². The zero-order valence-corrected chi connectivity index (χ0v) is 14.9. The lowest BCUT2D eigenvalue weighted by molar-refractivity contribution is 0.474. The molecule has 0 bridgehead atoms. The minimum atomic E-state index is -0.668. The largest absolute Gasteiger partial charge is 0.506 e. The molecule has 0 spiro atoms. The fraction of sp³-hybridized carbons (Fsp3) is 0.211. The first kappa shape index (κ1) is 19.0. The molecule has 0 radical (unpaired) electrons. The van der Waals surface area contributed by atoms with Crippen molar-refractivity contribution >= 4 is 17.1 Å². The van der Waals surface area contributed by atoms with Crippen LogP contribution < -0.4 is 27.1 Å². The van der Waals surface area contributed by atoms with Gasteiger partial charge in [0, 0.05) is 25.9 Å². The Morgan fingerprint density at radius 3 is 2.27 bits per heavy atom. The highest BCUT2D eigenvalue weighted by atomic mass is 16.3. The standard InChI is InChI=1S/C17H15N3O4.C2H6/c1-20-9-11(12(21)7-13(20)22)19-15-14(16(23)17(15)24)18-8-10-5-3-2-4-6-10;1-2/h2-7,9,18-19,21H,8H2,1H3;1-2H3. The first-order chi connectivity index (χ1) is 12.5. The summed E-state index contributed by atoms with van der Waals surface area (Å²) >= 11 is 0. The Kier molecular flexibility index (Phi) is 5.95. The van der Waals surface area contributed by atoms with E-state index in [0.717, 1.165) is 11.6 Å². The normalized spacial score (nSPS) is 10.1. The maximum absolute atomic E-state index is 11.8. The highest BCUT2D eigenvalue weighted by Gasteiger charge is 2.21. The molecule has 1 heterocycles. The van der Waals surface area contributed by atoms with Crippen molar-refractivity contribution in [3.05, 3.63) is 79.0 Å². The highest BCUT2D eigenvalue weighted by Crippen LogP contribution is 2.26. The van der Waals surface area contributed by atoms with Gasteiger partial charge in [-0.15, -0.1) is 0 Å². The molecule has 26 heavy (non-hydrogen) atoms. The summed E-state index contributed by atoms with van der Waals surface area (Å²) in [6.45, 7) is 4.39. The summed E-state index contributed by atoms with van der Waals surface area (Å²) in [5, 5.41) is 15.5. The Morgan fingerprint density at radius 1 is 1.00 bits per heavy atom. The van der Waals surface area contributed by atoms with Crippen LogP contribution in [0.2, 0.25) is 0 Å². The molecule has 0 saturated carbocycles. The van der Waals surface area contributed by atoms with E-state index in [1.54, 1.807) is 0 Å². The van der Waals surface area contributed by atoms with E-state index < -0.39 is 10.9 Å². The Balaban J connectivity index is 0.00000117. The van der Waals surface area contributed by atoms with E-state index in [4.69, 9.17) is 0 Å². The zero-order chi connectivity index (χ0) is 19.3. The van der Waals surface area contributed by atoms with Crippen LogP contribution in [-0.2, 0) is 13.6 Å². The summed E-state index contributed by atoms with van der Waals surface area (Å²) in [4.78, 5) is 35.0. The number of aryl methyl sites for hydroxylation is 1. The van der Waals surface area contributed by atoms with Crippen molar-refractivity contribution in [2.24, 2.45) is 7.05 Å². The van der Waals surface area contributed by atoms with E-state index in [1.807, 2.05) is 44.2 Å². The lowest BCUT2D eigenvalue weighted by Crippen LogP contribution is -2.36. The lowest BCUT2D eigenvalue weighted by Gasteiger charge is -2.16. The summed E-state index contributed by atoms with van der Waals surface area (Å²) in [7, 11) is 1.52. The van der Waals surface area contributed by atoms with Gasteiger partial charge in [-0.25, -0.2) is 0 Å². The van der Waals surface area contributed by atoms with Gasteiger partial charge in [0.1, 0.15) is 17.1 Å². The van der Waals surface area contributed by atoms with E-state index in [0.29, 0.717) is 6.54 Å². The molecule has 0 atom stereocenters. The van der Waals surface area contributed by atoms with E-state index in [1.165, 1.54) is 17.8 Å². The molecule has 2 aromatic carbocycles. The zero-order valence-electron chi connectivity index (χ0n) is 14.9. The van der Waals surface area contributed by atoms with Crippen LogP contribution in [0.1, 0.15) is 19.4 Å². The second kappa shape index (κ2) is 8.15. The van der Waals surface area contributed by atoms with Crippen LogP contribution in [0.25, 0.3) is 0 Å². The molecule has 0 unspecified atom stereocenters. The van der Waals surface area contributed by atoms with Crippen molar-refractivity contribution < 1.29 is 5.11 Å². The van der Waals surface area contributed by atoms with Crippen LogP contribution in [0, 0.1) is 0 Å². The molecule has 1 aromatic heterocycles. The molecule has 0 fully saturated rings. The minimum Gasteiger partial charge on any atom is -0.506 e. The predicted octanol–water partition coefficient (Wildman–Crippen LogP) is 2.07. The third-order valence-corrected chi connectivity index (χ3v) is 3.69. The van der Waals surface area contributed by atoms with E-state index in [9.17, 15) is 19.5 Å². The number of aromatic hydroxyl groups is 1. The first-order valence-electron chi connectivity index (χ1n) is 8.25. The maximum atomic E-state index is 11.8. The smallest absolute Gasteiger partial charge is 0.254 e. The number of benzene rings is 1. The molecule has 3 N–H and O–H groups in total. The van der Waals surface area contributed by atoms with Crippen molar-refractivity contribution in [2.75, 3.05) is 10.6 Å². The molecule has 3 rings (SSSR count). The van der Waals surface area contributed by atoms with E-state index >= 15 is 0 Å². The van der Waals surface area contributed by atoms with Crippen LogP contribution in [0.15, 0.2) is 57.0 Å². The molecule has 7 heteroatoms. The Bertz CT molecular complexity index is 1020. The van der Waals surface area contributed by atoms with Gasteiger partial charge in [-0.05, 0) is 5.56 Å². The predicted molar refractivity (Wildman–Crippen MR) is 103 cm³/mol. The summed E-state index contributed by atoms with van der Waals surface area (Å²) in [6, 6.07) is 10.5. The fourth-order valence-corrected chi connectivity index (χ4v) is 2.32. The number of anilines is 3. The van der Waals surface area contributed by atoms with Crippen LogP contribution in [0.5, 0.6) is 5.75 Å². The molecular weight excluding hydrogens is 334 g/mol. The highest BCUT2D eigenvalue weighted by molar-refractivity contribution is 5.80. The Hall–Kier alpha value is -3.35. The number of aromatic nitrogens is 1. The van der Waals surface area contributed by atoms with Gasteiger partial charge in [-0.3, -0.25) is 14.4 Å². The second-order valence-corrected chi connectivity index (χ2v) is 5.39. The molecule has 136 valence electrons. The molecule has 0 amide bonds. The fourth-order valence-electron chi connectivity index (χ4n) is 2.32. The average molecular weight is 355 g/mol. The molecular formula is C19H21N3O4. The number of nitrogens with zero attached hydrogens (tertiary/aromatic N) is 1. The Morgan fingerprint density at radius 2 is 1.62 bits per heavy atom. The number of pyridine rings is 1. The summed E-state index contributed by atoms with van der Waals surface area (Å²) < 4.78 is 1.25. The quantitative estimate of drug-likeness (QED) is 0.606. The van der Waals surface area contributed by atoms with E-state index in [-0.39, 0.29) is 28.4 Å². The van der Waals surface area contributed by atoms with Gasteiger partial charge in [0.2, 0.25) is 0 Å². The van der Waals surface area contributed by atoms with Gasteiger partial charge >= 0.3 is 0 Å². The van der Waals surface area contributed by atoms with Crippen molar-refractivity contribution in [3.8, 4) is 5.75 Å². The van der Waals surface area contributed by atoms with Crippen LogP contribution in [0.3, 0.4) is 0 Å². The van der Waals surface area contributed by atoms with Crippen LogP contribution in [-0.4, -0.2) is 9.67 Å². The third kappa shape index (κ3) is 3.83. The lowest BCUT2D eigenvalue weighted by atomic mass is 10.1. The van der Waals surface area contributed by atoms with Crippen molar-refractivity contribution in [3.63, 3.8) is 0 Å². The van der Waals surface area contributed by atoms with Crippen LogP contribution in [0.4, 0.5) is 17.1 Å². The first-order valence-corrected chi connectivity index (χ1v) is 8.25. The molecule has 0 aliphatic carbocycles. The molecule has 7 nitrogen and oxygen atoms in total. The van der Waals surface area contributed by atoms with Crippen LogP contribution >= 0.6 is 0 Å². The van der Waals surface area contributed by atoms with E-state index in [2.05, 4.69) is 10.6 Å². The van der Waals surface area contributed by atoms with Gasteiger partial charge in [-0.1, -0.05) is 44.2 Å². The minimum absolute atomic E-state index is 0.0740. The number of hydrogen-bond donors (Lipinski definition) is 3. The molecule has 0 saturated heterocycles. The third-order valence-electron chi connectivity index (χ3n) is 3.69. The maximum Gasteiger partial charge on any atom is 0.254 e. The molecule has 3 aromatic rings. The average Bonchev–Trinajstić information content (AvgIpc) is 2.67. The van der Waals surface area contributed by atoms with Gasteiger partial charge in [-0.2, -0.15) is 0 Å². The molecule has 0 aliphatic rings. The summed E-state index contributed by atoms with van der Waals surface area (Å²) in [5.74, 6) is -0.292. The number of hydrogen-bond acceptors (Lipinski definition) is 6. The molecule has 0 aliphatic heterocycles. The van der Waals surface area contributed by atoms with Gasteiger partial charge in [0.05, 0.1) is 5.69 Å². The SMILES string of the molecule is CC.Cn1cc(Nc2c(NCc3ccccc3)c(=O)c2=O)c(O)cc1=O. The van der Waals surface area contributed by atoms with Crippen molar-refractivity contribution in [2.45, 2.75) is 20.4 Å². The topological polar surface area (TPSA) is 100 Å². The number of rotatable bonds is 5. The van der Waals surface area contributed by atoms with Crippen molar-refractivity contribution in [1.29, 1.82) is 0 Å².